The second-order valence-corrected chi connectivity index (χ2v) is 3.90. The molecule has 0 amide bonds. The van der Waals surface area contributed by atoms with Gasteiger partial charge in [0.2, 0.25) is 0 Å². The lowest BCUT2D eigenvalue weighted by molar-refractivity contribution is 1.34. The van der Waals surface area contributed by atoms with E-state index in [2.05, 4.69) is 45.2 Å². The van der Waals surface area contributed by atoms with Crippen LogP contribution in [-0.4, -0.2) is 9.97 Å². The number of hydrogen-bond donors (Lipinski definition) is 2. The summed E-state index contributed by atoms with van der Waals surface area (Å²) in [6.07, 6.45) is 1.69. The molecular formula is C7H5IN2S. The first-order chi connectivity index (χ1) is 5.27. The van der Waals surface area contributed by atoms with Gasteiger partial charge in [0.1, 0.15) is 5.52 Å². The van der Waals surface area contributed by atoms with Gasteiger partial charge in [0, 0.05) is 8.47 Å². The Kier molecular flexibility index (Phi) is 1.80. The zero-order valence-electron chi connectivity index (χ0n) is 5.50. The SMILES string of the molecule is Sc1cc(I)c2nc[nH]c2c1. The molecule has 1 N–H and O–H groups in total. The second-order valence-electron chi connectivity index (χ2n) is 2.23. The molecule has 1 aromatic carbocycles. The van der Waals surface area contributed by atoms with Crippen molar-refractivity contribution in [1.29, 1.82) is 0 Å². The Morgan fingerprint density at radius 1 is 1.45 bits per heavy atom. The molecule has 0 saturated carbocycles. The van der Waals surface area contributed by atoms with Crippen LogP contribution in [0.2, 0.25) is 0 Å². The van der Waals surface area contributed by atoms with E-state index in [0.717, 1.165) is 19.5 Å². The van der Waals surface area contributed by atoms with Gasteiger partial charge in [-0.3, -0.25) is 0 Å². The van der Waals surface area contributed by atoms with E-state index in [1.54, 1.807) is 6.33 Å². The molecule has 2 nitrogen and oxygen atoms in total. The van der Waals surface area contributed by atoms with Crippen LogP contribution in [0.1, 0.15) is 0 Å². The molecule has 0 atom stereocenters. The lowest BCUT2D eigenvalue weighted by Gasteiger charge is -1.94. The minimum atomic E-state index is 0.964. The van der Waals surface area contributed by atoms with Crippen molar-refractivity contribution in [3.63, 3.8) is 0 Å². The van der Waals surface area contributed by atoms with E-state index in [-0.39, 0.29) is 0 Å². The lowest BCUT2D eigenvalue weighted by Crippen LogP contribution is -1.76. The Morgan fingerprint density at radius 3 is 3.09 bits per heavy atom. The van der Waals surface area contributed by atoms with Gasteiger partial charge in [-0.05, 0) is 34.7 Å². The second kappa shape index (κ2) is 2.67. The number of benzene rings is 1. The number of fused-ring (bicyclic) bond motifs is 1. The van der Waals surface area contributed by atoms with Crippen LogP contribution in [0, 0.1) is 3.57 Å². The van der Waals surface area contributed by atoms with Gasteiger partial charge in [0.05, 0.1) is 11.8 Å². The van der Waals surface area contributed by atoms with Gasteiger partial charge in [-0.2, -0.15) is 0 Å². The van der Waals surface area contributed by atoms with E-state index in [4.69, 9.17) is 0 Å². The summed E-state index contributed by atoms with van der Waals surface area (Å²) in [5.74, 6) is 0. The highest BCUT2D eigenvalue weighted by Crippen LogP contribution is 2.21. The Labute approximate surface area is 83.0 Å². The average Bonchev–Trinajstić information content (AvgIpc) is 2.34. The van der Waals surface area contributed by atoms with E-state index >= 15 is 0 Å². The van der Waals surface area contributed by atoms with Crippen molar-refractivity contribution in [3.05, 3.63) is 22.0 Å². The fourth-order valence-corrected chi connectivity index (χ4v) is 2.26. The maximum atomic E-state index is 4.25. The predicted octanol–water partition coefficient (Wildman–Crippen LogP) is 2.46. The summed E-state index contributed by atoms with van der Waals surface area (Å²) in [7, 11) is 0. The number of H-pyrrole nitrogens is 1. The molecule has 0 unspecified atom stereocenters. The lowest BCUT2D eigenvalue weighted by atomic mass is 10.3. The summed E-state index contributed by atoms with van der Waals surface area (Å²) in [6.45, 7) is 0. The third kappa shape index (κ3) is 1.24. The molecular weight excluding hydrogens is 271 g/mol. The first-order valence-electron chi connectivity index (χ1n) is 3.09. The molecule has 11 heavy (non-hydrogen) atoms. The van der Waals surface area contributed by atoms with Gasteiger partial charge in [0.25, 0.3) is 0 Å². The van der Waals surface area contributed by atoms with E-state index in [1.807, 2.05) is 12.1 Å². The highest BCUT2D eigenvalue weighted by Gasteiger charge is 2.00. The van der Waals surface area contributed by atoms with Crippen molar-refractivity contribution in [2.75, 3.05) is 0 Å². The van der Waals surface area contributed by atoms with Crippen LogP contribution in [0.25, 0.3) is 11.0 Å². The molecule has 0 fully saturated rings. The Bertz CT molecular complexity index is 396. The molecule has 1 heterocycles. The summed E-state index contributed by atoms with van der Waals surface area (Å²) in [5, 5.41) is 0. The number of rotatable bonds is 0. The van der Waals surface area contributed by atoms with E-state index in [9.17, 15) is 0 Å². The van der Waals surface area contributed by atoms with E-state index in [0.29, 0.717) is 0 Å². The maximum absolute atomic E-state index is 4.25. The quantitative estimate of drug-likeness (QED) is 0.561. The number of nitrogens with one attached hydrogen (secondary N) is 1. The van der Waals surface area contributed by atoms with Gasteiger partial charge in [-0.15, -0.1) is 12.6 Å². The first kappa shape index (κ1) is 7.42. The van der Waals surface area contributed by atoms with Crippen LogP contribution >= 0.6 is 35.2 Å². The van der Waals surface area contributed by atoms with Crippen LogP contribution in [0.3, 0.4) is 0 Å². The molecule has 56 valence electrons. The highest BCUT2D eigenvalue weighted by molar-refractivity contribution is 14.1. The molecule has 2 rings (SSSR count). The molecule has 0 spiro atoms. The Morgan fingerprint density at radius 2 is 2.27 bits per heavy atom. The topological polar surface area (TPSA) is 28.7 Å². The van der Waals surface area contributed by atoms with Crippen molar-refractivity contribution in [2.24, 2.45) is 0 Å². The van der Waals surface area contributed by atoms with Crippen molar-refractivity contribution < 1.29 is 0 Å². The molecule has 0 aliphatic heterocycles. The molecule has 4 heteroatoms. The maximum Gasteiger partial charge on any atom is 0.102 e. The summed E-state index contributed by atoms with van der Waals surface area (Å²) in [4.78, 5) is 8.16. The zero-order valence-corrected chi connectivity index (χ0v) is 8.56. The Hall–Kier alpha value is -0.230. The minimum absolute atomic E-state index is 0.964. The fourth-order valence-electron chi connectivity index (χ4n) is 0.992. The fraction of sp³-hybridized carbons (Fsp3) is 0. The third-order valence-electron chi connectivity index (χ3n) is 1.46. The Balaban J connectivity index is 2.91. The van der Waals surface area contributed by atoms with Gasteiger partial charge < -0.3 is 4.98 Å². The van der Waals surface area contributed by atoms with Crippen molar-refractivity contribution in [1.82, 2.24) is 9.97 Å². The van der Waals surface area contributed by atoms with Crippen LogP contribution in [-0.2, 0) is 0 Å². The molecule has 0 bridgehead atoms. The van der Waals surface area contributed by atoms with Gasteiger partial charge in [-0.25, -0.2) is 4.98 Å². The smallest absolute Gasteiger partial charge is 0.102 e. The van der Waals surface area contributed by atoms with Gasteiger partial charge >= 0.3 is 0 Å². The number of hydrogen-bond acceptors (Lipinski definition) is 2. The number of imidazole rings is 1. The number of nitrogens with zero attached hydrogens (tertiary/aromatic N) is 1. The van der Waals surface area contributed by atoms with E-state index < -0.39 is 0 Å². The van der Waals surface area contributed by atoms with Crippen LogP contribution in [0.15, 0.2) is 23.4 Å². The van der Waals surface area contributed by atoms with E-state index in [1.165, 1.54) is 0 Å². The molecule has 2 aromatic rings. The molecule has 0 aliphatic rings. The minimum Gasteiger partial charge on any atom is -0.345 e. The predicted molar refractivity (Wildman–Crippen MR) is 56.1 cm³/mol. The zero-order chi connectivity index (χ0) is 7.84. The normalized spacial score (nSPS) is 10.7. The monoisotopic (exact) mass is 276 g/mol. The third-order valence-corrected chi connectivity index (χ3v) is 2.54. The molecule has 1 aromatic heterocycles. The molecule has 0 saturated heterocycles. The number of thiol groups is 1. The molecule has 0 radical (unpaired) electrons. The standard InChI is InChI=1S/C7H5IN2S/c8-5-1-4(11)2-6-7(5)10-3-9-6/h1-3,11H,(H,9,10). The largest absolute Gasteiger partial charge is 0.345 e. The summed E-state index contributed by atoms with van der Waals surface area (Å²) >= 11 is 6.50. The van der Waals surface area contributed by atoms with Crippen LogP contribution in [0.4, 0.5) is 0 Å². The molecule has 0 aliphatic carbocycles. The highest BCUT2D eigenvalue weighted by atomic mass is 127. The average molecular weight is 276 g/mol. The summed E-state index contributed by atoms with van der Waals surface area (Å²) < 4.78 is 1.13. The number of aromatic amines is 1. The van der Waals surface area contributed by atoms with Crippen molar-refractivity contribution in [3.8, 4) is 0 Å². The first-order valence-corrected chi connectivity index (χ1v) is 4.61. The van der Waals surface area contributed by atoms with Gasteiger partial charge in [0.15, 0.2) is 0 Å². The summed E-state index contributed by atoms with van der Waals surface area (Å²) in [6, 6.07) is 3.96. The summed E-state index contributed by atoms with van der Waals surface area (Å²) in [5.41, 5.74) is 2.06. The number of halogens is 1. The van der Waals surface area contributed by atoms with Gasteiger partial charge in [-0.1, -0.05) is 0 Å². The van der Waals surface area contributed by atoms with Crippen molar-refractivity contribution >= 4 is 46.3 Å². The number of aromatic nitrogens is 2. The van der Waals surface area contributed by atoms with Crippen molar-refractivity contribution in [2.45, 2.75) is 4.90 Å². The van der Waals surface area contributed by atoms with Crippen LogP contribution in [0.5, 0.6) is 0 Å². The van der Waals surface area contributed by atoms with Crippen LogP contribution < -0.4 is 0 Å².